The monoisotopic (exact) mass is 282 g/mol. The maximum Gasteiger partial charge on any atom is 0.201 e. The molecule has 2 N–H and O–H groups in total. The number of hydrogen-bond acceptors (Lipinski definition) is 6. The predicted molar refractivity (Wildman–Crippen MR) is 77.6 cm³/mol. The van der Waals surface area contributed by atoms with Gasteiger partial charge in [0, 0.05) is 13.2 Å². The Balaban J connectivity index is 1.72. The first-order valence-corrected chi connectivity index (χ1v) is 6.78. The zero-order chi connectivity index (χ0) is 14.4. The Labute approximate surface area is 120 Å². The fraction of sp³-hybridized carbons (Fsp3) is 0.286. The van der Waals surface area contributed by atoms with Gasteiger partial charge in [-0.15, -0.1) is 0 Å². The van der Waals surface area contributed by atoms with Crippen LogP contribution in [0.3, 0.4) is 0 Å². The van der Waals surface area contributed by atoms with E-state index in [-0.39, 0.29) is 0 Å². The Morgan fingerprint density at radius 1 is 1.19 bits per heavy atom. The second-order valence-electron chi connectivity index (χ2n) is 5.16. The number of nitrogens with two attached hydrogens (primary N) is 1. The van der Waals surface area contributed by atoms with Crippen molar-refractivity contribution in [1.82, 2.24) is 24.5 Å². The van der Waals surface area contributed by atoms with E-state index in [9.17, 15) is 0 Å². The van der Waals surface area contributed by atoms with Crippen LogP contribution >= 0.6 is 0 Å². The minimum absolute atomic E-state index is 0.325. The SMILES string of the molecule is Cn1ccc2c(N)nc(-c3ncc(OC4CC4)cn3)nc21. The lowest BCUT2D eigenvalue weighted by molar-refractivity contribution is 0.300. The van der Waals surface area contributed by atoms with E-state index in [0.717, 1.165) is 23.9 Å². The summed E-state index contributed by atoms with van der Waals surface area (Å²) in [5.41, 5.74) is 6.73. The van der Waals surface area contributed by atoms with Crippen LogP contribution in [0.1, 0.15) is 12.8 Å². The molecule has 1 aliphatic carbocycles. The lowest BCUT2D eigenvalue weighted by Gasteiger charge is -2.05. The molecule has 0 amide bonds. The van der Waals surface area contributed by atoms with Gasteiger partial charge in [-0.1, -0.05) is 0 Å². The molecule has 3 aromatic heterocycles. The number of aromatic nitrogens is 5. The van der Waals surface area contributed by atoms with Gasteiger partial charge in [0.05, 0.1) is 23.9 Å². The van der Waals surface area contributed by atoms with Gasteiger partial charge in [-0.2, -0.15) is 0 Å². The van der Waals surface area contributed by atoms with Gasteiger partial charge in [0.15, 0.2) is 11.6 Å². The van der Waals surface area contributed by atoms with Crippen LogP contribution in [0.4, 0.5) is 5.82 Å². The van der Waals surface area contributed by atoms with Crippen molar-refractivity contribution in [2.45, 2.75) is 18.9 Å². The fourth-order valence-corrected chi connectivity index (χ4v) is 2.13. The van der Waals surface area contributed by atoms with Crippen molar-refractivity contribution < 1.29 is 4.74 Å². The first-order chi connectivity index (χ1) is 10.2. The zero-order valence-corrected chi connectivity index (χ0v) is 11.5. The van der Waals surface area contributed by atoms with E-state index >= 15 is 0 Å². The molecule has 4 rings (SSSR count). The highest BCUT2D eigenvalue weighted by Crippen LogP contribution is 2.26. The molecule has 106 valence electrons. The molecule has 0 spiro atoms. The molecule has 1 saturated carbocycles. The molecular formula is C14H14N6O. The summed E-state index contributed by atoms with van der Waals surface area (Å²) in [7, 11) is 1.91. The number of hydrogen-bond donors (Lipinski definition) is 1. The smallest absolute Gasteiger partial charge is 0.201 e. The van der Waals surface area contributed by atoms with Gasteiger partial charge in [0.2, 0.25) is 5.82 Å². The van der Waals surface area contributed by atoms with Gasteiger partial charge in [-0.25, -0.2) is 19.9 Å². The van der Waals surface area contributed by atoms with E-state index in [1.807, 2.05) is 23.9 Å². The van der Waals surface area contributed by atoms with Gasteiger partial charge in [-0.3, -0.25) is 0 Å². The van der Waals surface area contributed by atoms with Crippen molar-refractivity contribution >= 4 is 16.9 Å². The lowest BCUT2D eigenvalue weighted by Crippen LogP contribution is -2.02. The average molecular weight is 282 g/mol. The van der Waals surface area contributed by atoms with Gasteiger partial charge >= 0.3 is 0 Å². The summed E-state index contributed by atoms with van der Waals surface area (Å²) in [5, 5.41) is 0.829. The summed E-state index contributed by atoms with van der Waals surface area (Å²) >= 11 is 0. The third-order valence-corrected chi connectivity index (χ3v) is 3.41. The van der Waals surface area contributed by atoms with Crippen molar-refractivity contribution in [1.29, 1.82) is 0 Å². The lowest BCUT2D eigenvalue weighted by atomic mass is 10.3. The number of nitrogens with zero attached hydrogens (tertiary/aromatic N) is 5. The highest BCUT2D eigenvalue weighted by atomic mass is 16.5. The van der Waals surface area contributed by atoms with Gasteiger partial charge in [-0.05, 0) is 18.9 Å². The van der Waals surface area contributed by atoms with Crippen molar-refractivity contribution in [3.8, 4) is 17.4 Å². The third kappa shape index (κ3) is 2.16. The van der Waals surface area contributed by atoms with E-state index < -0.39 is 0 Å². The molecule has 21 heavy (non-hydrogen) atoms. The van der Waals surface area contributed by atoms with Crippen molar-refractivity contribution in [3.05, 3.63) is 24.7 Å². The van der Waals surface area contributed by atoms with Crippen LogP contribution < -0.4 is 10.5 Å². The maximum absolute atomic E-state index is 5.97. The standard InChI is InChI=1S/C14H14N6O/c1-20-5-4-10-11(15)18-13(19-14(10)20)12-16-6-9(7-17-12)21-8-2-3-8/h4-8H,2-3H2,1H3,(H2,15,18,19). The summed E-state index contributed by atoms with van der Waals surface area (Å²) in [6.07, 6.45) is 7.72. The molecule has 0 aromatic carbocycles. The molecule has 1 fully saturated rings. The average Bonchev–Trinajstić information content (AvgIpc) is 3.22. The van der Waals surface area contributed by atoms with E-state index in [0.29, 0.717) is 29.3 Å². The molecule has 3 heterocycles. The minimum Gasteiger partial charge on any atom is -0.487 e. The van der Waals surface area contributed by atoms with Gasteiger partial charge in [0.1, 0.15) is 11.5 Å². The first-order valence-electron chi connectivity index (χ1n) is 6.78. The summed E-state index contributed by atoms with van der Waals surface area (Å²) in [4.78, 5) is 17.3. The number of rotatable bonds is 3. The number of aryl methyl sites for hydroxylation is 1. The summed E-state index contributed by atoms with van der Waals surface area (Å²) in [5.74, 6) is 1.96. The quantitative estimate of drug-likeness (QED) is 0.783. The number of anilines is 1. The van der Waals surface area contributed by atoms with Crippen LogP contribution in [0.15, 0.2) is 24.7 Å². The van der Waals surface area contributed by atoms with Gasteiger partial charge in [0.25, 0.3) is 0 Å². The highest BCUT2D eigenvalue weighted by Gasteiger charge is 2.23. The molecule has 0 unspecified atom stereocenters. The second-order valence-corrected chi connectivity index (χ2v) is 5.16. The molecule has 1 aliphatic rings. The van der Waals surface area contributed by atoms with Crippen LogP contribution in [0.2, 0.25) is 0 Å². The van der Waals surface area contributed by atoms with Crippen molar-refractivity contribution in [2.75, 3.05) is 5.73 Å². The molecule has 0 aliphatic heterocycles. The molecule has 0 saturated heterocycles. The van der Waals surface area contributed by atoms with Crippen LogP contribution in [0, 0.1) is 0 Å². The maximum atomic E-state index is 5.97. The van der Waals surface area contributed by atoms with Crippen LogP contribution in [0.25, 0.3) is 22.7 Å². The highest BCUT2D eigenvalue weighted by molar-refractivity contribution is 5.87. The van der Waals surface area contributed by atoms with E-state index in [1.165, 1.54) is 0 Å². The van der Waals surface area contributed by atoms with Crippen LogP contribution in [-0.4, -0.2) is 30.6 Å². The molecule has 7 nitrogen and oxygen atoms in total. The van der Waals surface area contributed by atoms with Crippen molar-refractivity contribution in [2.24, 2.45) is 7.05 Å². The van der Waals surface area contributed by atoms with Crippen LogP contribution in [-0.2, 0) is 7.05 Å². The Morgan fingerprint density at radius 3 is 2.67 bits per heavy atom. The normalized spacial score (nSPS) is 14.5. The van der Waals surface area contributed by atoms with E-state index in [1.54, 1.807) is 12.4 Å². The minimum atomic E-state index is 0.325. The Kier molecular flexibility index (Phi) is 2.53. The van der Waals surface area contributed by atoms with E-state index in [2.05, 4.69) is 19.9 Å². The molecule has 0 atom stereocenters. The molecule has 0 radical (unpaired) electrons. The van der Waals surface area contributed by atoms with E-state index in [4.69, 9.17) is 10.5 Å². The topological polar surface area (TPSA) is 91.7 Å². The molecular weight excluding hydrogens is 268 g/mol. The summed E-state index contributed by atoms with van der Waals surface area (Å²) in [6.45, 7) is 0. The summed E-state index contributed by atoms with van der Waals surface area (Å²) in [6, 6.07) is 1.89. The van der Waals surface area contributed by atoms with Gasteiger partial charge < -0.3 is 15.0 Å². The first kappa shape index (κ1) is 12.1. The fourth-order valence-electron chi connectivity index (χ4n) is 2.13. The number of nitrogen functional groups attached to an aromatic ring is 1. The van der Waals surface area contributed by atoms with Crippen molar-refractivity contribution in [3.63, 3.8) is 0 Å². The Hall–Kier alpha value is -2.70. The largest absolute Gasteiger partial charge is 0.487 e. The number of fused-ring (bicyclic) bond motifs is 1. The molecule has 0 bridgehead atoms. The Morgan fingerprint density at radius 2 is 1.95 bits per heavy atom. The zero-order valence-electron chi connectivity index (χ0n) is 11.5. The molecule has 3 aromatic rings. The van der Waals surface area contributed by atoms with Crippen LogP contribution in [0.5, 0.6) is 5.75 Å². The Bertz CT molecular complexity index is 806. The number of ether oxygens (including phenoxy) is 1. The third-order valence-electron chi connectivity index (χ3n) is 3.41. The molecule has 7 heteroatoms. The summed E-state index contributed by atoms with van der Waals surface area (Å²) < 4.78 is 7.51. The second kappa shape index (κ2) is 4.41. The predicted octanol–water partition coefficient (Wildman–Crippen LogP) is 1.55.